The van der Waals surface area contributed by atoms with Gasteiger partial charge in [0, 0.05) is 13.2 Å². The third-order valence-corrected chi connectivity index (χ3v) is 2.97. The number of carbonyl (C=O) groups is 3. The van der Waals surface area contributed by atoms with Crippen LogP contribution in [0.2, 0.25) is 0 Å². The van der Waals surface area contributed by atoms with Crippen molar-refractivity contribution in [2.45, 2.75) is 26.0 Å². The van der Waals surface area contributed by atoms with Gasteiger partial charge in [0.1, 0.15) is 19.2 Å². The fourth-order valence-corrected chi connectivity index (χ4v) is 2.06. The highest BCUT2D eigenvalue weighted by atomic mass is 16.5. The average Bonchev–Trinajstić information content (AvgIpc) is 2.86. The molecule has 1 N–H and O–H groups in total. The lowest BCUT2D eigenvalue weighted by molar-refractivity contribution is -0.138. The van der Waals surface area contributed by atoms with Crippen molar-refractivity contribution in [1.29, 1.82) is 0 Å². The molecule has 2 heterocycles. The van der Waals surface area contributed by atoms with E-state index in [1.54, 1.807) is 6.92 Å². The van der Waals surface area contributed by atoms with Crippen molar-refractivity contribution in [3.63, 3.8) is 0 Å². The van der Waals surface area contributed by atoms with Gasteiger partial charge in [0.05, 0.1) is 0 Å². The van der Waals surface area contributed by atoms with Crippen LogP contribution in [0.25, 0.3) is 0 Å². The number of hydrogen-bond donors (Lipinski definition) is 1. The van der Waals surface area contributed by atoms with Gasteiger partial charge in [0.25, 0.3) is 5.91 Å². The lowest BCUT2D eigenvalue weighted by Gasteiger charge is -2.32. The average molecular weight is 281 g/mol. The molecular formula is C12H15N3O5. The van der Waals surface area contributed by atoms with Gasteiger partial charge in [-0.05, 0) is 6.42 Å². The number of methoxy groups -OCH3 is 1. The van der Waals surface area contributed by atoms with Gasteiger partial charge < -0.3 is 14.2 Å². The van der Waals surface area contributed by atoms with Gasteiger partial charge in [-0.25, -0.2) is 0 Å². The Hall–Kier alpha value is -2.22. The van der Waals surface area contributed by atoms with E-state index in [2.05, 4.69) is 10.5 Å². The van der Waals surface area contributed by atoms with Gasteiger partial charge in [0.2, 0.25) is 11.8 Å². The Kier molecular flexibility index (Phi) is 4.14. The number of aromatic nitrogens is 1. The van der Waals surface area contributed by atoms with E-state index >= 15 is 0 Å². The molecule has 0 bridgehead atoms. The molecule has 1 aliphatic heterocycles. The van der Waals surface area contributed by atoms with Crippen LogP contribution in [0.15, 0.2) is 10.6 Å². The van der Waals surface area contributed by atoms with Gasteiger partial charge in [-0.3, -0.25) is 19.7 Å². The molecule has 1 aliphatic rings. The summed E-state index contributed by atoms with van der Waals surface area (Å²) in [6.45, 7) is 1.78. The number of imide groups is 1. The molecule has 1 aromatic rings. The van der Waals surface area contributed by atoms with Gasteiger partial charge in [-0.2, -0.15) is 0 Å². The minimum absolute atomic E-state index is 0.0537. The molecule has 1 fully saturated rings. The van der Waals surface area contributed by atoms with Gasteiger partial charge >= 0.3 is 0 Å². The maximum absolute atomic E-state index is 12.3. The summed E-state index contributed by atoms with van der Waals surface area (Å²) in [6.07, 6.45) is 0.410. The maximum atomic E-state index is 12.3. The third-order valence-electron chi connectivity index (χ3n) is 2.97. The van der Waals surface area contributed by atoms with Crippen molar-refractivity contribution >= 4 is 17.7 Å². The van der Waals surface area contributed by atoms with Gasteiger partial charge in [0.15, 0.2) is 11.5 Å². The van der Waals surface area contributed by atoms with Crippen LogP contribution in [-0.4, -0.2) is 47.5 Å². The van der Waals surface area contributed by atoms with Gasteiger partial charge in [-0.1, -0.05) is 12.1 Å². The number of hydrogen-bond acceptors (Lipinski definition) is 6. The highest BCUT2D eigenvalue weighted by molar-refractivity contribution is 6.06. The van der Waals surface area contributed by atoms with Gasteiger partial charge in [-0.15, -0.1) is 0 Å². The summed E-state index contributed by atoms with van der Waals surface area (Å²) in [6, 6.07) is 0.762. The number of nitrogens with one attached hydrogen (secondary N) is 1. The molecule has 2 rings (SSSR count). The van der Waals surface area contributed by atoms with Crippen LogP contribution in [0.3, 0.4) is 0 Å². The summed E-state index contributed by atoms with van der Waals surface area (Å²) < 4.78 is 9.80. The minimum Gasteiger partial charge on any atom is -0.377 e. The lowest BCUT2D eigenvalue weighted by atomic mass is 10.1. The topological polar surface area (TPSA) is 102 Å². The van der Waals surface area contributed by atoms with E-state index in [4.69, 9.17) is 9.26 Å². The van der Waals surface area contributed by atoms with Crippen molar-refractivity contribution in [3.8, 4) is 0 Å². The SMILES string of the molecule is CCC1C(=O)NC(=O)CN1C(=O)c1cc(COC)on1. The molecule has 0 aliphatic carbocycles. The van der Waals surface area contributed by atoms with Crippen LogP contribution in [0, 0.1) is 0 Å². The second-order valence-electron chi connectivity index (χ2n) is 4.38. The third kappa shape index (κ3) is 2.69. The fourth-order valence-electron chi connectivity index (χ4n) is 2.06. The maximum Gasteiger partial charge on any atom is 0.277 e. The zero-order valence-electron chi connectivity index (χ0n) is 11.2. The van der Waals surface area contributed by atoms with Crippen molar-refractivity contribution in [1.82, 2.24) is 15.4 Å². The number of rotatable bonds is 4. The molecule has 0 radical (unpaired) electrons. The number of nitrogens with zero attached hydrogens (tertiary/aromatic N) is 2. The highest BCUT2D eigenvalue weighted by Crippen LogP contribution is 2.14. The molecule has 108 valence electrons. The van der Waals surface area contributed by atoms with Crippen LogP contribution >= 0.6 is 0 Å². The van der Waals surface area contributed by atoms with E-state index in [0.717, 1.165) is 0 Å². The predicted molar refractivity (Wildman–Crippen MR) is 65.5 cm³/mol. The smallest absolute Gasteiger partial charge is 0.277 e. The van der Waals surface area contributed by atoms with Crippen molar-refractivity contribution in [2.75, 3.05) is 13.7 Å². The summed E-state index contributed by atoms with van der Waals surface area (Å²) in [5, 5.41) is 5.85. The number of piperazine rings is 1. The summed E-state index contributed by atoms with van der Waals surface area (Å²) in [5.41, 5.74) is 0.0537. The zero-order valence-corrected chi connectivity index (χ0v) is 11.2. The normalized spacial score (nSPS) is 19.1. The quantitative estimate of drug-likeness (QED) is 0.760. The molecule has 0 spiro atoms. The van der Waals surface area contributed by atoms with Crippen LogP contribution in [-0.2, 0) is 20.9 Å². The Morgan fingerprint density at radius 1 is 1.60 bits per heavy atom. The molecule has 0 aromatic carbocycles. The van der Waals surface area contributed by atoms with E-state index in [0.29, 0.717) is 12.2 Å². The first-order chi connectivity index (χ1) is 9.56. The first kappa shape index (κ1) is 14.2. The Morgan fingerprint density at radius 3 is 3.00 bits per heavy atom. The molecule has 20 heavy (non-hydrogen) atoms. The second-order valence-corrected chi connectivity index (χ2v) is 4.38. The zero-order chi connectivity index (χ0) is 14.7. The van der Waals surface area contributed by atoms with Crippen LogP contribution in [0.4, 0.5) is 0 Å². The molecular weight excluding hydrogens is 266 g/mol. The van der Waals surface area contributed by atoms with Crippen LogP contribution in [0.5, 0.6) is 0 Å². The molecule has 1 aromatic heterocycles. The van der Waals surface area contributed by atoms with Crippen molar-refractivity contribution < 1.29 is 23.6 Å². The van der Waals surface area contributed by atoms with E-state index in [9.17, 15) is 14.4 Å². The standard InChI is InChI=1S/C12H15N3O5/c1-3-9-11(17)13-10(16)5-15(9)12(18)8-4-7(6-19-2)20-14-8/h4,9H,3,5-6H2,1-2H3,(H,13,16,17). The molecule has 8 nitrogen and oxygen atoms in total. The van der Waals surface area contributed by atoms with E-state index < -0.39 is 23.8 Å². The number of carbonyl (C=O) groups excluding carboxylic acids is 3. The number of amides is 3. The molecule has 1 saturated heterocycles. The first-order valence-electron chi connectivity index (χ1n) is 6.16. The molecule has 8 heteroatoms. The Balaban J connectivity index is 2.20. The molecule has 0 saturated carbocycles. The Morgan fingerprint density at radius 2 is 2.35 bits per heavy atom. The van der Waals surface area contributed by atoms with E-state index in [-0.39, 0.29) is 18.8 Å². The summed E-state index contributed by atoms with van der Waals surface area (Å²) in [7, 11) is 1.49. The molecule has 1 atom stereocenters. The minimum atomic E-state index is -0.678. The Labute approximate surface area is 115 Å². The summed E-state index contributed by atoms with van der Waals surface area (Å²) in [5.74, 6) is -1.09. The summed E-state index contributed by atoms with van der Waals surface area (Å²) >= 11 is 0. The van der Waals surface area contributed by atoms with Crippen molar-refractivity contribution in [2.24, 2.45) is 0 Å². The predicted octanol–water partition coefficient (Wildman–Crippen LogP) is -0.302. The lowest BCUT2D eigenvalue weighted by Crippen LogP contribution is -2.59. The highest BCUT2D eigenvalue weighted by Gasteiger charge is 2.36. The molecule has 3 amide bonds. The van der Waals surface area contributed by atoms with Crippen molar-refractivity contribution in [3.05, 3.63) is 17.5 Å². The fraction of sp³-hybridized carbons (Fsp3) is 0.500. The first-order valence-corrected chi connectivity index (χ1v) is 6.16. The largest absolute Gasteiger partial charge is 0.377 e. The monoisotopic (exact) mass is 281 g/mol. The van der Waals surface area contributed by atoms with E-state index in [1.165, 1.54) is 18.1 Å². The van der Waals surface area contributed by atoms with Crippen LogP contribution < -0.4 is 5.32 Å². The summed E-state index contributed by atoms with van der Waals surface area (Å²) in [4.78, 5) is 36.6. The van der Waals surface area contributed by atoms with Crippen LogP contribution in [0.1, 0.15) is 29.6 Å². The molecule has 1 unspecified atom stereocenters. The second kappa shape index (κ2) is 5.83. The Bertz CT molecular complexity index is 539. The van der Waals surface area contributed by atoms with E-state index in [1.807, 2.05) is 0 Å². The number of ether oxygens (including phenoxy) is 1.